The van der Waals surface area contributed by atoms with Gasteiger partial charge in [-0.25, -0.2) is 4.98 Å². The number of pyridine rings is 1. The Balaban J connectivity index is 2.41. The van der Waals surface area contributed by atoms with Gasteiger partial charge in [-0.1, -0.05) is 48.3 Å². The topological polar surface area (TPSA) is 28.2 Å². The van der Waals surface area contributed by atoms with Crippen LogP contribution >= 0.6 is 23.2 Å². The molecule has 1 N–H and O–H groups in total. The predicted molar refractivity (Wildman–Crippen MR) is 92.3 cm³/mol. The van der Waals surface area contributed by atoms with Gasteiger partial charge < -0.3 is 10.2 Å². The number of rotatable bonds is 5. The minimum Gasteiger partial charge on any atom is -0.369 e. The van der Waals surface area contributed by atoms with Crippen molar-refractivity contribution in [3.8, 4) is 0 Å². The van der Waals surface area contributed by atoms with E-state index in [-0.39, 0.29) is 0 Å². The molecule has 0 atom stereocenters. The van der Waals surface area contributed by atoms with Gasteiger partial charge in [-0.05, 0) is 31.0 Å². The Labute approximate surface area is 135 Å². The Hall–Kier alpha value is -1.45. The highest BCUT2D eigenvalue weighted by Gasteiger charge is 2.15. The van der Waals surface area contributed by atoms with Gasteiger partial charge >= 0.3 is 0 Å². The fourth-order valence-electron chi connectivity index (χ4n) is 2.11. The molecule has 2 rings (SSSR count). The maximum absolute atomic E-state index is 6.32. The maximum atomic E-state index is 6.32. The monoisotopic (exact) mass is 323 g/mol. The summed E-state index contributed by atoms with van der Waals surface area (Å²) in [5, 5.41) is 4.30. The normalized spacial score (nSPS) is 10.5. The lowest BCUT2D eigenvalue weighted by Gasteiger charge is -2.22. The van der Waals surface area contributed by atoms with E-state index >= 15 is 0 Å². The standard InChI is InChI=1S/C16H19Cl2N3/c1-4-9-19-15-12(17)10-13(18)16(20-15)21(3)14-8-6-5-7-11(14)2/h5-8,10H,4,9H2,1-3H3,(H,19,20). The van der Waals surface area contributed by atoms with Crippen LogP contribution in [0.1, 0.15) is 18.9 Å². The van der Waals surface area contributed by atoms with E-state index in [0.29, 0.717) is 21.7 Å². The lowest BCUT2D eigenvalue weighted by molar-refractivity contribution is 0.966. The first-order valence-corrected chi connectivity index (χ1v) is 7.69. The number of anilines is 3. The first kappa shape index (κ1) is 15.9. The van der Waals surface area contributed by atoms with Crippen molar-refractivity contribution < 1.29 is 0 Å². The average molecular weight is 324 g/mol. The smallest absolute Gasteiger partial charge is 0.154 e. The highest BCUT2D eigenvalue weighted by atomic mass is 35.5. The van der Waals surface area contributed by atoms with Gasteiger partial charge in [-0.2, -0.15) is 0 Å². The molecule has 0 aliphatic heterocycles. The van der Waals surface area contributed by atoms with Crippen molar-refractivity contribution in [2.45, 2.75) is 20.3 Å². The van der Waals surface area contributed by atoms with Crippen LogP contribution in [-0.4, -0.2) is 18.6 Å². The second kappa shape index (κ2) is 7.01. The summed E-state index contributed by atoms with van der Waals surface area (Å²) in [7, 11) is 1.95. The van der Waals surface area contributed by atoms with Crippen LogP contribution in [0.15, 0.2) is 30.3 Å². The summed E-state index contributed by atoms with van der Waals surface area (Å²) in [6.45, 7) is 4.98. The van der Waals surface area contributed by atoms with Crippen molar-refractivity contribution >= 4 is 40.5 Å². The van der Waals surface area contributed by atoms with E-state index in [1.165, 1.54) is 0 Å². The zero-order chi connectivity index (χ0) is 15.4. The SMILES string of the molecule is CCCNc1nc(N(C)c2ccccc2C)c(Cl)cc1Cl. The first-order chi connectivity index (χ1) is 10.0. The first-order valence-electron chi connectivity index (χ1n) is 6.93. The Morgan fingerprint density at radius 1 is 1.19 bits per heavy atom. The van der Waals surface area contributed by atoms with Gasteiger partial charge in [0.2, 0.25) is 0 Å². The van der Waals surface area contributed by atoms with Crippen LogP contribution < -0.4 is 10.2 Å². The summed E-state index contributed by atoms with van der Waals surface area (Å²) in [4.78, 5) is 6.55. The molecule has 2 aromatic rings. The zero-order valence-electron chi connectivity index (χ0n) is 12.5. The number of nitrogens with zero attached hydrogens (tertiary/aromatic N) is 2. The Bertz CT molecular complexity index is 629. The average Bonchev–Trinajstić information content (AvgIpc) is 2.46. The van der Waals surface area contributed by atoms with Crippen LogP contribution in [0, 0.1) is 6.92 Å². The molecule has 3 nitrogen and oxygen atoms in total. The van der Waals surface area contributed by atoms with Crippen LogP contribution in [0.4, 0.5) is 17.3 Å². The summed E-state index contributed by atoms with van der Waals surface area (Å²) < 4.78 is 0. The van der Waals surface area contributed by atoms with E-state index in [1.807, 2.05) is 30.1 Å². The number of aromatic nitrogens is 1. The molecule has 0 amide bonds. The molecule has 1 aromatic heterocycles. The number of hydrogen-bond acceptors (Lipinski definition) is 3. The summed E-state index contributed by atoms with van der Waals surface area (Å²) >= 11 is 12.5. The van der Waals surface area contributed by atoms with Crippen molar-refractivity contribution in [1.29, 1.82) is 0 Å². The van der Waals surface area contributed by atoms with E-state index < -0.39 is 0 Å². The molecule has 0 bridgehead atoms. The summed E-state index contributed by atoms with van der Waals surface area (Å²) in [6, 6.07) is 9.85. The Kier molecular flexibility index (Phi) is 5.32. The van der Waals surface area contributed by atoms with E-state index in [2.05, 4.69) is 30.2 Å². The molecule has 1 aromatic carbocycles. The van der Waals surface area contributed by atoms with Crippen molar-refractivity contribution in [2.24, 2.45) is 0 Å². The second-order valence-corrected chi connectivity index (χ2v) is 5.71. The van der Waals surface area contributed by atoms with Crippen molar-refractivity contribution in [3.05, 3.63) is 45.9 Å². The second-order valence-electron chi connectivity index (χ2n) is 4.90. The number of aryl methyl sites for hydroxylation is 1. The molecule has 0 spiro atoms. The molecule has 0 saturated carbocycles. The van der Waals surface area contributed by atoms with E-state index in [0.717, 1.165) is 24.2 Å². The van der Waals surface area contributed by atoms with Gasteiger partial charge in [0, 0.05) is 19.3 Å². The minimum absolute atomic E-state index is 0.535. The molecule has 0 aliphatic rings. The highest BCUT2D eigenvalue weighted by molar-refractivity contribution is 6.37. The molecular weight excluding hydrogens is 305 g/mol. The Morgan fingerprint density at radius 2 is 1.90 bits per heavy atom. The number of para-hydroxylation sites is 1. The molecule has 0 radical (unpaired) electrons. The largest absolute Gasteiger partial charge is 0.369 e. The van der Waals surface area contributed by atoms with Crippen LogP contribution in [0.3, 0.4) is 0 Å². The number of nitrogens with one attached hydrogen (secondary N) is 1. The molecule has 21 heavy (non-hydrogen) atoms. The van der Waals surface area contributed by atoms with Crippen LogP contribution in [0.25, 0.3) is 0 Å². The number of halogens is 2. The van der Waals surface area contributed by atoms with Gasteiger partial charge in [0.05, 0.1) is 10.0 Å². The fourth-order valence-corrected chi connectivity index (χ4v) is 2.67. The predicted octanol–water partition coefficient (Wildman–Crippen LogP) is 5.29. The summed E-state index contributed by atoms with van der Waals surface area (Å²) in [5.74, 6) is 1.35. The quantitative estimate of drug-likeness (QED) is 0.810. The van der Waals surface area contributed by atoms with Crippen molar-refractivity contribution in [2.75, 3.05) is 23.8 Å². The Morgan fingerprint density at radius 3 is 2.57 bits per heavy atom. The van der Waals surface area contributed by atoms with Crippen LogP contribution in [0.5, 0.6) is 0 Å². The maximum Gasteiger partial charge on any atom is 0.154 e. The summed E-state index contributed by atoms with van der Waals surface area (Å²) in [6.07, 6.45) is 1.00. The van der Waals surface area contributed by atoms with Crippen LogP contribution in [0.2, 0.25) is 10.0 Å². The molecule has 112 valence electrons. The van der Waals surface area contributed by atoms with Crippen LogP contribution in [-0.2, 0) is 0 Å². The van der Waals surface area contributed by atoms with Gasteiger partial charge in [0.1, 0.15) is 5.82 Å². The van der Waals surface area contributed by atoms with E-state index in [1.54, 1.807) is 6.07 Å². The molecule has 0 aliphatic carbocycles. The third-order valence-corrected chi connectivity index (χ3v) is 3.81. The molecule has 5 heteroatoms. The molecule has 1 heterocycles. The molecular formula is C16H19Cl2N3. The van der Waals surface area contributed by atoms with E-state index in [4.69, 9.17) is 23.2 Å². The van der Waals surface area contributed by atoms with Gasteiger partial charge in [-0.3, -0.25) is 0 Å². The van der Waals surface area contributed by atoms with Crippen molar-refractivity contribution in [3.63, 3.8) is 0 Å². The highest BCUT2D eigenvalue weighted by Crippen LogP contribution is 2.35. The third-order valence-electron chi connectivity index (χ3n) is 3.25. The van der Waals surface area contributed by atoms with Crippen molar-refractivity contribution in [1.82, 2.24) is 4.98 Å². The van der Waals surface area contributed by atoms with E-state index in [9.17, 15) is 0 Å². The van der Waals surface area contributed by atoms with Gasteiger partial charge in [0.25, 0.3) is 0 Å². The third kappa shape index (κ3) is 3.60. The summed E-state index contributed by atoms with van der Waals surface area (Å²) in [5.41, 5.74) is 2.23. The number of hydrogen-bond donors (Lipinski definition) is 1. The lowest BCUT2D eigenvalue weighted by Crippen LogP contribution is -2.14. The molecule has 0 fully saturated rings. The van der Waals surface area contributed by atoms with Gasteiger partial charge in [-0.15, -0.1) is 0 Å². The lowest BCUT2D eigenvalue weighted by atomic mass is 10.2. The fraction of sp³-hybridized carbons (Fsp3) is 0.312. The molecule has 0 unspecified atom stereocenters. The zero-order valence-corrected chi connectivity index (χ0v) is 14.0. The minimum atomic E-state index is 0.535. The molecule has 0 saturated heterocycles. The van der Waals surface area contributed by atoms with Gasteiger partial charge in [0.15, 0.2) is 5.82 Å². The number of benzene rings is 1.